The van der Waals surface area contributed by atoms with Crippen molar-refractivity contribution in [3.05, 3.63) is 42.2 Å². The lowest BCUT2D eigenvalue weighted by atomic mass is 9.97. The maximum Gasteiger partial charge on any atom is 0.253 e. The number of aliphatic hydroxyl groups is 1. The molecule has 2 aromatic rings. The Morgan fingerprint density at radius 2 is 2.14 bits per heavy atom. The topological polar surface area (TPSA) is 71.2 Å². The van der Waals surface area contributed by atoms with E-state index in [-0.39, 0.29) is 12.5 Å². The average Bonchev–Trinajstić information content (AvgIpc) is 3.09. The molecule has 0 bridgehead atoms. The fourth-order valence-electron chi connectivity index (χ4n) is 2.63. The predicted octanol–water partition coefficient (Wildman–Crippen LogP) is 1.11. The van der Waals surface area contributed by atoms with Crippen LogP contribution in [0.1, 0.15) is 23.2 Å². The second-order valence-electron chi connectivity index (χ2n) is 5.32. The minimum atomic E-state index is 0.0355. The first-order valence-corrected chi connectivity index (χ1v) is 7.15. The SMILES string of the molecule is O=C(c1cccc(-n2ccnn2)c1)N1CCC(CO)CC1. The molecule has 1 fully saturated rings. The van der Waals surface area contributed by atoms with Crippen molar-refractivity contribution in [3.8, 4) is 5.69 Å². The van der Waals surface area contributed by atoms with Crippen LogP contribution in [-0.4, -0.2) is 50.6 Å². The highest BCUT2D eigenvalue weighted by Gasteiger charge is 2.23. The van der Waals surface area contributed by atoms with E-state index in [1.54, 1.807) is 17.1 Å². The summed E-state index contributed by atoms with van der Waals surface area (Å²) in [4.78, 5) is 14.4. The fourth-order valence-corrected chi connectivity index (χ4v) is 2.63. The molecule has 1 aliphatic heterocycles. The van der Waals surface area contributed by atoms with Crippen molar-refractivity contribution >= 4 is 5.91 Å². The van der Waals surface area contributed by atoms with Crippen molar-refractivity contribution in [2.24, 2.45) is 5.92 Å². The van der Waals surface area contributed by atoms with Gasteiger partial charge in [0.05, 0.1) is 18.1 Å². The largest absolute Gasteiger partial charge is 0.396 e. The van der Waals surface area contributed by atoms with Gasteiger partial charge in [-0.1, -0.05) is 11.3 Å². The van der Waals surface area contributed by atoms with Crippen molar-refractivity contribution in [1.82, 2.24) is 19.9 Å². The maximum atomic E-state index is 12.5. The van der Waals surface area contributed by atoms with Crippen LogP contribution in [0.5, 0.6) is 0 Å². The van der Waals surface area contributed by atoms with Crippen molar-refractivity contribution in [2.45, 2.75) is 12.8 Å². The van der Waals surface area contributed by atoms with Crippen molar-refractivity contribution < 1.29 is 9.90 Å². The minimum absolute atomic E-state index is 0.0355. The number of carbonyl (C=O) groups is 1. The number of piperidine rings is 1. The first-order valence-electron chi connectivity index (χ1n) is 7.15. The maximum absolute atomic E-state index is 12.5. The molecule has 1 amide bonds. The Balaban J connectivity index is 1.75. The highest BCUT2D eigenvalue weighted by atomic mass is 16.3. The summed E-state index contributed by atoms with van der Waals surface area (Å²) in [6, 6.07) is 7.39. The number of hydrogen-bond donors (Lipinski definition) is 1. The number of likely N-dealkylation sites (tertiary alicyclic amines) is 1. The van der Waals surface area contributed by atoms with Gasteiger partial charge in [-0.15, -0.1) is 5.10 Å². The Kier molecular flexibility index (Phi) is 3.96. The number of amides is 1. The lowest BCUT2D eigenvalue weighted by Crippen LogP contribution is -2.39. The first-order chi connectivity index (χ1) is 10.3. The number of hydrogen-bond acceptors (Lipinski definition) is 4. The summed E-state index contributed by atoms with van der Waals surface area (Å²) < 4.78 is 1.63. The van der Waals surface area contributed by atoms with Crippen LogP contribution in [0.2, 0.25) is 0 Å². The van der Waals surface area contributed by atoms with Gasteiger partial charge in [0.15, 0.2) is 0 Å². The third-order valence-electron chi connectivity index (χ3n) is 3.94. The van der Waals surface area contributed by atoms with Gasteiger partial charge in [-0.25, -0.2) is 4.68 Å². The number of nitrogens with zero attached hydrogens (tertiary/aromatic N) is 4. The molecule has 110 valence electrons. The van der Waals surface area contributed by atoms with E-state index in [9.17, 15) is 4.79 Å². The van der Waals surface area contributed by atoms with Gasteiger partial charge in [-0.05, 0) is 37.0 Å². The number of carbonyl (C=O) groups excluding carboxylic acids is 1. The van der Waals surface area contributed by atoms with Crippen LogP contribution < -0.4 is 0 Å². The van der Waals surface area contributed by atoms with Crippen LogP contribution in [0.15, 0.2) is 36.7 Å². The molecule has 0 spiro atoms. The number of aromatic nitrogens is 3. The highest BCUT2D eigenvalue weighted by Crippen LogP contribution is 2.19. The van der Waals surface area contributed by atoms with Gasteiger partial charge >= 0.3 is 0 Å². The van der Waals surface area contributed by atoms with Gasteiger partial charge in [0.1, 0.15) is 0 Å². The molecule has 6 heteroatoms. The first kappa shape index (κ1) is 13.8. The summed E-state index contributed by atoms with van der Waals surface area (Å²) in [5.74, 6) is 0.365. The van der Waals surface area contributed by atoms with E-state index in [1.807, 2.05) is 29.2 Å². The van der Waals surface area contributed by atoms with Gasteiger partial charge in [0.25, 0.3) is 5.91 Å². The molecule has 0 unspecified atom stereocenters. The monoisotopic (exact) mass is 286 g/mol. The summed E-state index contributed by atoms with van der Waals surface area (Å²) >= 11 is 0. The molecule has 3 rings (SSSR count). The Labute approximate surface area is 123 Å². The van der Waals surface area contributed by atoms with E-state index in [2.05, 4.69) is 10.3 Å². The Morgan fingerprint density at radius 3 is 2.81 bits per heavy atom. The van der Waals surface area contributed by atoms with Gasteiger partial charge in [0, 0.05) is 25.3 Å². The molecular formula is C15H18N4O2. The van der Waals surface area contributed by atoms with Gasteiger partial charge in [-0.3, -0.25) is 4.79 Å². The Bertz CT molecular complexity index is 604. The molecule has 0 aliphatic carbocycles. The Morgan fingerprint density at radius 1 is 1.33 bits per heavy atom. The summed E-state index contributed by atoms with van der Waals surface area (Å²) in [6.45, 7) is 1.62. The molecule has 1 aromatic heterocycles. The van der Waals surface area contributed by atoms with E-state index in [4.69, 9.17) is 5.11 Å². The Hall–Kier alpha value is -2.21. The minimum Gasteiger partial charge on any atom is -0.396 e. The number of rotatable bonds is 3. The van der Waals surface area contributed by atoms with E-state index >= 15 is 0 Å². The van der Waals surface area contributed by atoms with Crippen LogP contribution in [0.25, 0.3) is 5.69 Å². The quantitative estimate of drug-likeness (QED) is 0.917. The zero-order chi connectivity index (χ0) is 14.7. The average molecular weight is 286 g/mol. The molecule has 21 heavy (non-hydrogen) atoms. The van der Waals surface area contributed by atoms with E-state index in [1.165, 1.54) is 0 Å². The summed E-state index contributed by atoms with van der Waals surface area (Å²) in [5, 5.41) is 16.9. The standard InChI is InChI=1S/C15H18N4O2/c20-11-12-4-7-18(8-5-12)15(21)13-2-1-3-14(10-13)19-9-6-16-17-19/h1-3,6,9-10,12,20H,4-5,7-8,11H2. The second-order valence-corrected chi connectivity index (χ2v) is 5.32. The lowest BCUT2D eigenvalue weighted by Gasteiger charge is -2.31. The van der Waals surface area contributed by atoms with Crippen molar-refractivity contribution in [2.75, 3.05) is 19.7 Å². The molecule has 1 N–H and O–H groups in total. The van der Waals surface area contributed by atoms with Crippen molar-refractivity contribution in [1.29, 1.82) is 0 Å². The van der Waals surface area contributed by atoms with Gasteiger partial charge in [-0.2, -0.15) is 0 Å². The van der Waals surface area contributed by atoms with Gasteiger partial charge in [0.2, 0.25) is 0 Å². The molecule has 0 atom stereocenters. The zero-order valence-corrected chi connectivity index (χ0v) is 11.7. The predicted molar refractivity (Wildman–Crippen MR) is 77.1 cm³/mol. The normalized spacial score (nSPS) is 16.1. The molecule has 0 radical (unpaired) electrons. The molecule has 1 saturated heterocycles. The fraction of sp³-hybridized carbons (Fsp3) is 0.400. The third-order valence-corrected chi connectivity index (χ3v) is 3.94. The van der Waals surface area contributed by atoms with Crippen LogP contribution >= 0.6 is 0 Å². The van der Waals surface area contributed by atoms with E-state index < -0.39 is 0 Å². The molecule has 2 heterocycles. The molecule has 1 aliphatic rings. The van der Waals surface area contributed by atoms with E-state index in [0.717, 1.165) is 18.5 Å². The third kappa shape index (κ3) is 2.95. The highest BCUT2D eigenvalue weighted by molar-refractivity contribution is 5.94. The van der Waals surface area contributed by atoms with Crippen LogP contribution in [0.4, 0.5) is 0 Å². The number of aliphatic hydroxyl groups excluding tert-OH is 1. The van der Waals surface area contributed by atoms with Crippen LogP contribution in [0.3, 0.4) is 0 Å². The molecular weight excluding hydrogens is 268 g/mol. The molecule has 6 nitrogen and oxygen atoms in total. The second kappa shape index (κ2) is 6.05. The zero-order valence-electron chi connectivity index (χ0n) is 11.7. The summed E-state index contributed by atoms with van der Waals surface area (Å²) in [7, 11) is 0. The van der Waals surface area contributed by atoms with Crippen LogP contribution in [-0.2, 0) is 0 Å². The number of benzene rings is 1. The smallest absolute Gasteiger partial charge is 0.253 e. The summed E-state index contributed by atoms with van der Waals surface area (Å²) in [5.41, 5.74) is 1.48. The summed E-state index contributed by atoms with van der Waals surface area (Å²) in [6.07, 6.45) is 5.08. The molecule has 0 saturated carbocycles. The lowest BCUT2D eigenvalue weighted by molar-refractivity contribution is 0.0651. The van der Waals surface area contributed by atoms with Crippen molar-refractivity contribution in [3.63, 3.8) is 0 Å². The molecule has 1 aromatic carbocycles. The van der Waals surface area contributed by atoms with E-state index in [0.29, 0.717) is 24.6 Å². The van der Waals surface area contributed by atoms with Crippen LogP contribution in [0, 0.1) is 5.92 Å². The van der Waals surface area contributed by atoms with Gasteiger partial charge < -0.3 is 10.0 Å².